The van der Waals surface area contributed by atoms with E-state index in [4.69, 9.17) is 9.31 Å². The van der Waals surface area contributed by atoms with Crippen LogP contribution in [-0.4, -0.2) is 39.4 Å². The summed E-state index contributed by atoms with van der Waals surface area (Å²) in [6.07, 6.45) is 5.05. The molecular formula is C12H18BNO3. The first-order valence-electron chi connectivity index (χ1n) is 5.81. The van der Waals surface area contributed by atoms with Crippen LogP contribution in [0.5, 0.6) is 0 Å². The van der Waals surface area contributed by atoms with Gasteiger partial charge in [0.05, 0.1) is 0 Å². The van der Waals surface area contributed by atoms with Crippen molar-refractivity contribution in [3.05, 3.63) is 23.2 Å². The predicted molar refractivity (Wildman–Crippen MR) is 69.2 cm³/mol. The molecule has 0 amide bonds. The number of carbonyl (C=O) groups excluding carboxylic acids is 1. The van der Waals surface area contributed by atoms with Crippen molar-refractivity contribution in [2.75, 3.05) is 20.3 Å². The van der Waals surface area contributed by atoms with Gasteiger partial charge < -0.3 is 9.31 Å². The molecule has 0 saturated carbocycles. The molecule has 92 valence electrons. The molecule has 4 nitrogen and oxygen atoms in total. The smallest absolute Gasteiger partial charge is 0.408 e. The summed E-state index contributed by atoms with van der Waals surface area (Å²) in [6, 6.07) is 0. The Bertz CT molecular complexity index is 355. The van der Waals surface area contributed by atoms with Crippen LogP contribution in [0, 0.1) is 0 Å². The second kappa shape index (κ2) is 7.19. The monoisotopic (exact) mass is 235 g/mol. The van der Waals surface area contributed by atoms with Crippen molar-refractivity contribution in [2.24, 2.45) is 4.99 Å². The summed E-state index contributed by atoms with van der Waals surface area (Å²) in [5, 5.41) is 0. The van der Waals surface area contributed by atoms with Crippen molar-refractivity contribution >= 4 is 19.1 Å². The fourth-order valence-corrected chi connectivity index (χ4v) is 1.68. The molecule has 0 aliphatic heterocycles. The van der Waals surface area contributed by atoms with Crippen LogP contribution in [0.1, 0.15) is 20.3 Å². The molecule has 0 aromatic heterocycles. The standard InChI is InChI=1S/C12H18BNO3/c1-4-16-13(17-5-2)11-7-6-10(9-15)8-12(11)14-3/h6-7,9H,4-5,8H2,1-3H3. The van der Waals surface area contributed by atoms with Gasteiger partial charge in [0.1, 0.15) is 6.29 Å². The summed E-state index contributed by atoms with van der Waals surface area (Å²) in [5.41, 5.74) is 2.48. The fraction of sp³-hybridized carbons (Fsp3) is 0.500. The highest BCUT2D eigenvalue weighted by Gasteiger charge is 2.28. The third kappa shape index (κ3) is 3.65. The summed E-state index contributed by atoms with van der Waals surface area (Å²) in [5.74, 6) is 0. The van der Waals surface area contributed by atoms with Crippen LogP contribution in [0.3, 0.4) is 0 Å². The molecule has 1 rings (SSSR count). The van der Waals surface area contributed by atoms with E-state index in [0.717, 1.165) is 23.0 Å². The van der Waals surface area contributed by atoms with Crippen LogP contribution in [-0.2, 0) is 14.1 Å². The number of rotatable bonds is 6. The molecule has 5 heteroatoms. The Kier molecular flexibility index (Phi) is 5.87. The Labute approximate surface area is 103 Å². The number of hydrogen-bond donors (Lipinski definition) is 0. The molecule has 0 spiro atoms. The minimum absolute atomic E-state index is 0.395. The van der Waals surface area contributed by atoms with Crippen LogP contribution in [0.25, 0.3) is 0 Å². The Morgan fingerprint density at radius 1 is 1.35 bits per heavy atom. The van der Waals surface area contributed by atoms with Crippen LogP contribution >= 0.6 is 0 Å². The number of aliphatic imine (C=N–C) groups is 1. The number of aldehydes is 1. The SMILES string of the molecule is CCOB(OCC)C1=CC=C(C=O)CC1=NC. The lowest BCUT2D eigenvalue weighted by Crippen LogP contribution is -2.31. The van der Waals surface area contributed by atoms with Gasteiger partial charge >= 0.3 is 7.12 Å². The van der Waals surface area contributed by atoms with Gasteiger partial charge in [-0.05, 0) is 19.4 Å². The highest BCUT2D eigenvalue weighted by molar-refractivity contribution is 6.62. The van der Waals surface area contributed by atoms with Gasteiger partial charge in [-0.1, -0.05) is 12.2 Å². The van der Waals surface area contributed by atoms with E-state index >= 15 is 0 Å². The van der Waals surface area contributed by atoms with Crippen molar-refractivity contribution < 1.29 is 14.1 Å². The van der Waals surface area contributed by atoms with E-state index in [1.165, 1.54) is 0 Å². The summed E-state index contributed by atoms with van der Waals surface area (Å²) >= 11 is 0. The molecule has 0 heterocycles. The summed E-state index contributed by atoms with van der Waals surface area (Å²) < 4.78 is 11.1. The Hall–Kier alpha value is -1.20. The second-order valence-electron chi connectivity index (χ2n) is 3.57. The zero-order valence-corrected chi connectivity index (χ0v) is 10.6. The van der Waals surface area contributed by atoms with Gasteiger partial charge in [0, 0.05) is 37.9 Å². The number of nitrogens with zero attached hydrogens (tertiary/aromatic N) is 1. The molecule has 1 aliphatic carbocycles. The minimum Gasteiger partial charge on any atom is -0.408 e. The van der Waals surface area contributed by atoms with E-state index < -0.39 is 7.12 Å². The van der Waals surface area contributed by atoms with Crippen LogP contribution in [0.2, 0.25) is 0 Å². The zero-order chi connectivity index (χ0) is 12.7. The van der Waals surface area contributed by atoms with Crippen molar-refractivity contribution in [1.82, 2.24) is 0 Å². The van der Waals surface area contributed by atoms with Gasteiger partial charge in [-0.2, -0.15) is 0 Å². The quantitative estimate of drug-likeness (QED) is 0.519. The van der Waals surface area contributed by atoms with Gasteiger partial charge in [-0.15, -0.1) is 0 Å². The summed E-state index contributed by atoms with van der Waals surface area (Å²) in [7, 11) is 1.32. The third-order valence-corrected chi connectivity index (χ3v) is 2.49. The lowest BCUT2D eigenvalue weighted by molar-refractivity contribution is -0.104. The molecule has 0 saturated heterocycles. The Morgan fingerprint density at radius 3 is 2.47 bits per heavy atom. The molecule has 0 N–H and O–H groups in total. The first kappa shape index (κ1) is 13.9. The molecule has 0 aromatic rings. The van der Waals surface area contributed by atoms with E-state index in [2.05, 4.69) is 4.99 Å². The number of allylic oxidation sites excluding steroid dienone is 4. The van der Waals surface area contributed by atoms with Gasteiger partial charge in [0.25, 0.3) is 0 Å². The molecule has 1 aliphatic rings. The molecular weight excluding hydrogens is 217 g/mol. The van der Waals surface area contributed by atoms with Crippen LogP contribution in [0.4, 0.5) is 0 Å². The summed E-state index contributed by atoms with van der Waals surface area (Å²) in [6.45, 7) is 4.99. The zero-order valence-electron chi connectivity index (χ0n) is 10.6. The Morgan fingerprint density at radius 2 is 2.00 bits per heavy atom. The molecule has 0 atom stereocenters. The summed E-state index contributed by atoms with van der Waals surface area (Å²) in [4.78, 5) is 14.9. The maximum atomic E-state index is 10.7. The maximum absolute atomic E-state index is 10.7. The number of carbonyl (C=O) groups is 1. The lowest BCUT2D eigenvalue weighted by atomic mass is 9.71. The van der Waals surface area contributed by atoms with E-state index in [1.54, 1.807) is 13.1 Å². The van der Waals surface area contributed by atoms with Gasteiger partial charge in [0.2, 0.25) is 0 Å². The van der Waals surface area contributed by atoms with Crippen molar-refractivity contribution in [1.29, 1.82) is 0 Å². The largest absolute Gasteiger partial charge is 0.495 e. The highest BCUT2D eigenvalue weighted by atomic mass is 16.6. The van der Waals surface area contributed by atoms with Crippen molar-refractivity contribution in [3.8, 4) is 0 Å². The second-order valence-corrected chi connectivity index (χ2v) is 3.57. The minimum atomic E-state index is -0.395. The van der Waals surface area contributed by atoms with E-state index in [0.29, 0.717) is 19.6 Å². The first-order valence-corrected chi connectivity index (χ1v) is 5.81. The average molecular weight is 235 g/mol. The Balaban J connectivity index is 2.94. The topological polar surface area (TPSA) is 47.9 Å². The molecule has 0 aromatic carbocycles. The fourth-order valence-electron chi connectivity index (χ4n) is 1.68. The van der Waals surface area contributed by atoms with Gasteiger partial charge in [0.15, 0.2) is 0 Å². The molecule has 0 fully saturated rings. The van der Waals surface area contributed by atoms with Crippen LogP contribution < -0.4 is 0 Å². The van der Waals surface area contributed by atoms with E-state index in [1.807, 2.05) is 19.9 Å². The van der Waals surface area contributed by atoms with Gasteiger partial charge in [-0.3, -0.25) is 9.79 Å². The van der Waals surface area contributed by atoms with Crippen molar-refractivity contribution in [3.63, 3.8) is 0 Å². The first-order chi connectivity index (χ1) is 8.26. The predicted octanol–water partition coefficient (Wildman–Crippen LogP) is 1.61. The normalized spacial score (nSPS) is 17.7. The number of hydrogen-bond acceptors (Lipinski definition) is 4. The third-order valence-electron chi connectivity index (χ3n) is 2.49. The highest BCUT2D eigenvalue weighted by Crippen LogP contribution is 2.18. The van der Waals surface area contributed by atoms with Crippen molar-refractivity contribution in [2.45, 2.75) is 20.3 Å². The lowest BCUT2D eigenvalue weighted by Gasteiger charge is -2.19. The molecule has 17 heavy (non-hydrogen) atoms. The average Bonchev–Trinajstić information content (AvgIpc) is 2.37. The van der Waals surface area contributed by atoms with Gasteiger partial charge in [-0.25, -0.2) is 0 Å². The van der Waals surface area contributed by atoms with Crippen LogP contribution in [0.15, 0.2) is 28.2 Å². The maximum Gasteiger partial charge on any atom is 0.495 e. The molecule has 0 unspecified atom stereocenters. The molecule has 0 bridgehead atoms. The van der Waals surface area contributed by atoms with E-state index in [-0.39, 0.29) is 0 Å². The van der Waals surface area contributed by atoms with E-state index in [9.17, 15) is 4.79 Å². The molecule has 0 radical (unpaired) electrons.